The monoisotopic (exact) mass is 509 g/mol. The lowest BCUT2D eigenvalue weighted by Gasteiger charge is -2.32. The molecule has 0 radical (unpaired) electrons. The molecule has 0 spiro atoms. The van der Waals surface area contributed by atoms with E-state index in [4.69, 9.17) is 4.74 Å². The SMILES string of the molecule is COc1ccc(C(=O)Nc2ccc(S(=O)(=O)NC(C)=O)cc2)cc1S(=O)(=O)N1CCCC[C@H]1C. The Labute approximate surface area is 199 Å². The number of amides is 2. The lowest BCUT2D eigenvalue weighted by atomic mass is 10.1. The molecule has 0 aliphatic carbocycles. The number of anilines is 1. The number of carbonyl (C=O) groups excluding carboxylic acids is 2. The molecule has 2 amide bonds. The van der Waals surface area contributed by atoms with Gasteiger partial charge in [-0.25, -0.2) is 21.6 Å². The molecule has 1 heterocycles. The number of methoxy groups -OCH3 is 1. The summed E-state index contributed by atoms with van der Waals surface area (Å²) in [6, 6.07) is 9.20. The minimum atomic E-state index is -4.00. The number of nitrogens with zero attached hydrogens (tertiary/aromatic N) is 1. The van der Waals surface area contributed by atoms with Gasteiger partial charge in [0, 0.05) is 30.8 Å². The molecule has 1 aliphatic rings. The minimum absolute atomic E-state index is 0.0897. The number of benzene rings is 2. The molecule has 2 aromatic carbocycles. The molecule has 34 heavy (non-hydrogen) atoms. The Kier molecular flexibility index (Phi) is 7.64. The molecule has 1 aliphatic heterocycles. The molecular weight excluding hydrogens is 482 g/mol. The van der Waals surface area contributed by atoms with Crippen molar-refractivity contribution in [3.8, 4) is 5.75 Å². The largest absolute Gasteiger partial charge is 0.495 e. The second-order valence-corrected chi connectivity index (χ2v) is 11.5. The summed E-state index contributed by atoms with van der Waals surface area (Å²) < 4.78 is 59.3. The predicted molar refractivity (Wildman–Crippen MR) is 126 cm³/mol. The van der Waals surface area contributed by atoms with E-state index in [1.807, 2.05) is 11.6 Å². The van der Waals surface area contributed by atoms with Crippen molar-refractivity contribution in [3.05, 3.63) is 48.0 Å². The lowest BCUT2D eigenvalue weighted by Crippen LogP contribution is -2.42. The number of sulfonamides is 2. The first-order valence-corrected chi connectivity index (χ1v) is 13.5. The van der Waals surface area contributed by atoms with E-state index in [1.54, 1.807) is 0 Å². The van der Waals surface area contributed by atoms with E-state index in [9.17, 15) is 26.4 Å². The van der Waals surface area contributed by atoms with Crippen LogP contribution in [0.4, 0.5) is 5.69 Å². The van der Waals surface area contributed by atoms with Crippen LogP contribution in [0.1, 0.15) is 43.5 Å². The van der Waals surface area contributed by atoms with E-state index in [2.05, 4.69) is 5.32 Å². The fourth-order valence-electron chi connectivity index (χ4n) is 3.74. The number of piperidine rings is 1. The molecule has 3 rings (SSSR count). The summed E-state index contributed by atoms with van der Waals surface area (Å²) in [5.74, 6) is -1.16. The third-order valence-electron chi connectivity index (χ3n) is 5.46. The van der Waals surface area contributed by atoms with Crippen LogP contribution >= 0.6 is 0 Å². The average Bonchev–Trinajstić information content (AvgIpc) is 2.78. The van der Waals surface area contributed by atoms with Crippen molar-refractivity contribution in [1.29, 1.82) is 0 Å². The van der Waals surface area contributed by atoms with E-state index in [0.717, 1.165) is 26.2 Å². The quantitative estimate of drug-likeness (QED) is 0.584. The van der Waals surface area contributed by atoms with Gasteiger partial charge in [0.1, 0.15) is 10.6 Å². The summed E-state index contributed by atoms with van der Waals surface area (Å²) in [7, 11) is -6.52. The normalized spacial score (nSPS) is 17.1. The summed E-state index contributed by atoms with van der Waals surface area (Å²) in [4.78, 5) is 23.7. The van der Waals surface area contributed by atoms with Gasteiger partial charge in [-0.3, -0.25) is 9.59 Å². The number of nitrogens with one attached hydrogen (secondary N) is 2. The summed E-state index contributed by atoms with van der Waals surface area (Å²) >= 11 is 0. The zero-order chi connectivity index (χ0) is 25.1. The molecule has 2 aromatic rings. The van der Waals surface area contributed by atoms with Crippen LogP contribution in [0.2, 0.25) is 0 Å². The predicted octanol–water partition coefficient (Wildman–Crippen LogP) is 2.34. The Hall–Kier alpha value is -2.96. The van der Waals surface area contributed by atoms with Crippen LogP contribution < -0.4 is 14.8 Å². The highest BCUT2D eigenvalue weighted by Crippen LogP contribution is 2.32. The van der Waals surface area contributed by atoms with Crippen LogP contribution in [0.3, 0.4) is 0 Å². The van der Waals surface area contributed by atoms with E-state index >= 15 is 0 Å². The zero-order valence-electron chi connectivity index (χ0n) is 19.1. The average molecular weight is 510 g/mol. The minimum Gasteiger partial charge on any atom is -0.495 e. The number of carbonyl (C=O) groups is 2. The highest BCUT2D eigenvalue weighted by molar-refractivity contribution is 7.90. The highest BCUT2D eigenvalue weighted by atomic mass is 32.2. The zero-order valence-corrected chi connectivity index (χ0v) is 20.7. The van der Waals surface area contributed by atoms with Crippen LogP contribution in [0.5, 0.6) is 5.75 Å². The number of hydrogen-bond donors (Lipinski definition) is 2. The van der Waals surface area contributed by atoms with E-state index < -0.39 is 31.9 Å². The Morgan fingerprint density at radius 2 is 1.71 bits per heavy atom. The molecule has 1 saturated heterocycles. The van der Waals surface area contributed by atoms with Crippen molar-refractivity contribution in [2.45, 2.75) is 48.9 Å². The number of ether oxygens (including phenoxy) is 1. The van der Waals surface area contributed by atoms with Gasteiger partial charge in [0.05, 0.1) is 12.0 Å². The van der Waals surface area contributed by atoms with Gasteiger partial charge < -0.3 is 10.1 Å². The van der Waals surface area contributed by atoms with E-state index in [0.29, 0.717) is 6.54 Å². The van der Waals surface area contributed by atoms with Crippen LogP contribution in [0, 0.1) is 0 Å². The molecule has 0 saturated carbocycles. The van der Waals surface area contributed by atoms with Gasteiger partial charge >= 0.3 is 0 Å². The number of hydrogen-bond acceptors (Lipinski definition) is 7. The van der Waals surface area contributed by atoms with E-state index in [-0.39, 0.29) is 32.8 Å². The molecular formula is C22H27N3O7S2. The van der Waals surface area contributed by atoms with Gasteiger partial charge in [-0.2, -0.15) is 4.31 Å². The standard InChI is InChI=1S/C22H27N3O7S2/c1-15-6-4-5-13-25(15)34(30,31)21-14-17(7-12-20(21)32-3)22(27)23-18-8-10-19(11-9-18)33(28,29)24-16(2)26/h7-12,14-15H,4-6,13H2,1-3H3,(H,23,27)(H,24,26)/t15-/m1/s1. The van der Waals surface area contributed by atoms with Gasteiger partial charge in [0.15, 0.2) is 0 Å². The molecule has 0 aromatic heterocycles. The maximum absolute atomic E-state index is 13.3. The second kappa shape index (κ2) is 10.1. The highest BCUT2D eigenvalue weighted by Gasteiger charge is 2.33. The molecule has 1 atom stereocenters. The van der Waals surface area contributed by atoms with Gasteiger partial charge in [-0.1, -0.05) is 6.42 Å². The summed E-state index contributed by atoms with van der Waals surface area (Å²) in [5, 5.41) is 2.61. The maximum Gasteiger partial charge on any atom is 0.264 e. The fourth-order valence-corrected chi connectivity index (χ4v) is 6.62. The first kappa shape index (κ1) is 25.7. The molecule has 0 bridgehead atoms. The van der Waals surface area contributed by atoms with Gasteiger partial charge in [-0.15, -0.1) is 0 Å². The van der Waals surface area contributed by atoms with Crippen molar-refractivity contribution < 1.29 is 31.2 Å². The maximum atomic E-state index is 13.3. The van der Waals surface area contributed by atoms with Crippen molar-refractivity contribution in [2.24, 2.45) is 0 Å². The fraction of sp³-hybridized carbons (Fsp3) is 0.364. The second-order valence-electron chi connectivity index (χ2n) is 7.97. The van der Waals surface area contributed by atoms with Crippen LogP contribution in [-0.4, -0.2) is 52.7 Å². The first-order chi connectivity index (χ1) is 16.0. The number of rotatable bonds is 7. The molecule has 1 fully saturated rings. The van der Waals surface area contributed by atoms with Gasteiger partial charge in [-0.05, 0) is 62.2 Å². The Bertz CT molecular complexity index is 1290. The van der Waals surface area contributed by atoms with E-state index in [1.165, 1.54) is 53.9 Å². The van der Waals surface area contributed by atoms with Crippen LogP contribution in [-0.2, 0) is 24.8 Å². The van der Waals surface area contributed by atoms with Gasteiger partial charge in [0.25, 0.3) is 15.9 Å². The summed E-state index contributed by atoms with van der Waals surface area (Å²) in [6.45, 7) is 3.34. The van der Waals surface area contributed by atoms with Crippen LogP contribution in [0.15, 0.2) is 52.3 Å². The first-order valence-electron chi connectivity index (χ1n) is 10.6. The molecule has 0 unspecified atom stereocenters. The Morgan fingerprint density at radius 1 is 1.03 bits per heavy atom. The molecule has 12 heteroatoms. The topological polar surface area (TPSA) is 139 Å². The third-order valence-corrected chi connectivity index (χ3v) is 8.94. The van der Waals surface area contributed by atoms with Crippen molar-refractivity contribution in [1.82, 2.24) is 9.03 Å². The lowest BCUT2D eigenvalue weighted by molar-refractivity contribution is -0.117. The Balaban J connectivity index is 1.85. The molecule has 184 valence electrons. The van der Waals surface area contributed by atoms with Crippen molar-refractivity contribution in [3.63, 3.8) is 0 Å². The smallest absolute Gasteiger partial charge is 0.264 e. The summed E-state index contributed by atoms with van der Waals surface area (Å²) in [5.41, 5.74) is 0.385. The summed E-state index contributed by atoms with van der Waals surface area (Å²) in [6.07, 6.45) is 2.48. The molecule has 10 nitrogen and oxygen atoms in total. The van der Waals surface area contributed by atoms with Crippen molar-refractivity contribution in [2.75, 3.05) is 19.0 Å². The third kappa shape index (κ3) is 5.57. The van der Waals surface area contributed by atoms with Gasteiger partial charge in [0.2, 0.25) is 15.9 Å². The Morgan fingerprint density at radius 3 is 2.29 bits per heavy atom. The van der Waals surface area contributed by atoms with Crippen LogP contribution in [0.25, 0.3) is 0 Å². The van der Waals surface area contributed by atoms with Crippen molar-refractivity contribution >= 4 is 37.5 Å². The molecule has 2 N–H and O–H groups in total.